The van der Waals surface area contributed by atoms with Crippen molar-refractivity contribution >= 4 is 28.6 Å². The first kappa shape index (κ1) is 18.0. The van der Waals surface area contributed by atoms with Gasteiger partial charge in [-0.05, 0) is 37.8 Å². The Labute approximate surface area is 163 Å². The van der Waals surface area contributed by atoms with Crippen LogP contribution >= 0.6 is 11.8 Å². The van der Waals surface area contributed by atoms with E-state index >= 15 is 0 Å². The van der Waals surface area contributed by atoms with Crippen molar-refractivity contribution < 1.29 is 4.79 Å². The van der Waals surface area contributed by atoms with Crippen LogP contribution in [0.3, 0.4) is 0 Å². The van der Waals surface area contributed by atoms with Crippen LogP contribution in [0.5, 0.6) is 0 Å². The summed E-state index contributed by atoms with van der Waals surface area (Å²) in [6, 6.07) is 18.3. The van der Waals surface area contributed by atoms with Crippen molar-refractivity contribution in [2.24, 2.45) is 0 Å². The fourth-order valence-electron chi connectivity index (χ4n) is 3.02. The van der Waals surface area contributed by atoms with Crippen LogP contribution in [-0.2, 0) is 11.2 Å². The molecule has 4 nitrogen and oxygen atoms in total. The molecule has 1 amide bonds. The average molecular weight is 378 g/mol. The number of nitrogens with zero attached hydrogens (tertiary/aromatic N) is 2. The van der Waals surface area contributed by atoms with E-state index in [4.69, 9.17) is 9.97 Å². The second-order valence-corrected chi connectivity index (χ2v) is 8.29. The van der Waals surface area contributed by atoms with Crippen LogP contribution in [0.25, 0.3) is 10.9 Å². The second-order valence-electron chi connectivity index (χ2n) is 6.97. The van der Waals surface area contributed by atoms with Gasteiger partial charge in [0.1, 0.15) is 10.9 Å². The van der Waals surface area contributed by atoms with Crippen LogP contribution < -0.4 is 5.32 Å². The van der Waals surface area contributed by atoms with Crippen LogP contribution in [0.2, 0.25) is 0 Å². The number of carbonyl (C=O) groups is 1. The molecule has 0 spiro atoms. The first-order valence-electron chi connectivity index (χ1n) is 9.45. The number of thioether (sulfide) groups is 1. The molecule has 138 valence electrons. The number of amides is 1. The van der Waals surface area contributed by atoms with Crippen molar-refractivity contribution in [2.45, 2.75) is 42.4 Å². The number of hydrogen-bond donors (Lipinski definition) is 1. The molecule has 1 saturated carbocycles. The monoisotopic (exact) mass is 377 g/mol. The fourth-order valence-corrected chi connectivity index (χ4v) is 3.99. The van der Waals surface area contributed by atoms with Gasteiger partial charge in [-0.25, -0.2) is 9.97 Å². The smallest absolute Gasteiger partial charge is 0.233 e. The SMILES string of the molecule is CC(Sc1nc(C2CC2)nc2ccccc12)C(=O)NCCc1ccccc1. The fraction of sp³-hybridized carbons (Fsp3) is 0.318. The number of aromatic nitrogens is 2. The Kier molecular flexibility index (Phi) is 5.39. The maximum absolute atomic E-state index is 12.5. The summed E-state index contributed by atoms with van der Waals surface area (Å²) >= 11 is 1.52. The second kappa shape index (κ2) is 8.09. The van der Waals surface area contributed by atoms with Gasteiger partial charge in [0.25, 0.3) is 0 Å². The van der Waals surface area contributed by atoms with Crippen LogP contribution in [0, 0.1) is 0 Å². The highest BCUT2D eigenvalue weighted by Gasteiger charge is 2.28. The summed E-state index contributed by atoms with van der Waals surface area (Å²) in [5, 5.41) is 4.78. The predicted molar refractivity (Wildman–Crippen MR) is 110 cm³/mol. The molecule has 0 bridgehead atoms. The normalized spacial score (nSPS) is 14.9. The highest BCUT2D eigenvalue weighted by molar-refractivity contribution is 8.00. The molecule has 27 heavy (non-hydrogen) atoms. The minimum absolute atomic E-state index is 0.0478. The molecule has 0 aliphatic heterocycles. The van der Waals surface area contributed by atoms with Crippen molar-refractivity contribution in [3.05, 3.63) is 66.0 Å². The third-order valence-corrected chi connectivity index (χ3v) is 5.84. The van der Waals surface area contributed by atoms with Crippen molar-refractivity contribution in [3.63, 3.8) is 0 Å². The van der Waals surface area contributed by atoms with E-state index in [1.807, 2.05) is 49.4 Å². The number of fused-ring (bicyclic) bond motifs is 1. The van der Waals surface area contributed by atoms with Crippen LogP contribution in [0.15, 0.2) is 59.6 Å². The molecule has 3 aromatic rings. The van der Waals surface area contributed by atoms with Gasteiger partial charge < -0.3 is 5.32 Å². The first-order chi connectivity index (χ1) is 13.2. The van der Waals surface area contributed by atoms with Crippen molar-refractivity contribution in [2.75, 3.05) is 6.54 Å². The van der Waals surface area contributed by atoms with E-state index in [1.165, 1.54) is 17.3 Å². The summed E-state index contributed by atoms with van der Waals surface area (Å²) in [5.41, 5.74) is 2.20. The molecule has 1 unspecified atom stereocenters. The molecule has 1 aromatic heterocycles. The lowest BCUT2D eigenvalue weighted by Gasteiger charge is -2.14. The first-order valence-corrected chi connectivity index (χ1v) is 10.3. The van der Waals surface area contributed by atoms with Gasteiger partial charge >= 0.3 is 0 Å². The molecule has 1 aliphatic carbocycles. The highest BCUT2D eigenvalue weighted by Crippen LogP contribution is 2.40. The predicted octanol–water partition coefficient (Wildman–Crippen LogP) is 4.35. The zero-order chi connectivity index (χ0) is 18.6. The zero-order valence-corrected chi connectivity index (χ0v) is 16.2. The summed E-state index contributed by atoms with van der Waals surface area (Å²) in [6.45, 7) is 2.59. The average Bonchev–Trinajstić information content (AvgIpc) is 3.54. The number of benzene rings is 2. The summed E-state index contributed by atoms with van der Waals surface area (Å²) in [5.74, 6) is 1.46. The van der Waals surface area contributed by atoms with Crippen molar-refractivity contribution in [1.29, 1.82) is 0 Å². The minimum Gasteiger partial charge on any atom is -0.355 e. The largest absolute Gasteiger partial charge is 0.355 e. The molecule has 1 heterocycles. The molecule has 4 rings (SSSR count). The lowest BCUT2D eigenvalue weighted by Crippen LogP contribution is -2.32. The Morgan fingerprint density at radius 3 is 2.63 bits per heavy atom. The van der Waals surface area contributed by atoms with Crippen LogP contribution in [-0.4, -0.2) is 27.7 Å². The minimum atomic E-state index is -0.203. The maximum Gasteiger partial charge on any atom is 0.233 e. The number of para-hydroxylation sites is 1. The third kappa shape index (κ3) is 4.48. The zero-order valence-electron chi connectivity index (χ0n) is 15.4. The molecule has 5 heteroatoms. The van der Waals surface area contributed by atoms with E-state index in [0.717, 1.165) is 41.0 Å². The Bertz CT molecular complexity index is 941. The van der Waals surface area contributed by atoms with Crippen LogP contribution in [0.4, 0.5) is 0 Å². The van der Waals surface area contributed by atoms with E-state index in [9.17, 15) is 4.79 Å². The van der Waals surface area contributed by atoms with Gasteiger partial charge in [-0.2, -0.15) is 0 Å². The molecule has 0 radical (unpaired) electrons. The van der Waals surface area contributed by atoms with E-state index in [1.54, 1.807) is 0 Å². The molecule has 0 saturated heterocycles. The van der Waals surface area contributed by atoms with Gasteiger partial charge in [-0.3, -0.25) is 4.79 Å². The Morgan fingerprint density at radius 2 is 1.85 bits per heavy atom. The summed E-state index contributed by atoms with van der Waals surface area (Å²) in [4.78, 5) is 22.0. The highest BCUT2D eigenvalue weighted by atomic mass is 32.2. The number of rotatable bonds is 7. The number of carbonyl (C=O) groups excluding carboxylic acids is 1. The van der Waals surface area contributed by atoms with E-state index in [2.05, 4.69) is 17.4 Å². The van der Waals surface area contributed by atoms with E-state index in [-0.39, 0.29) is 11.2 Å². The molecule has 1 atom stereocenters. The van der Waals surface area contributed by atoms with Gasteiger partial charge in [0, 0.05) is 17.8 Å². The number of hydrogen-bond acceptors (Lipinski definition) is 4. The third-order valence-electron chi connectivity index (χ3n) is 4.74. The Balaban J connectivity index is 1.42. The van der Waals surface area contributed by atoms with Gasteiger partial charge in [0.15, 0.2) is 0 Å². The van der Waals surface area contributed by atoms with Gasteiger partial charge in [-0.15, -0.1) is 0 Å². The topological polar surface area (TPSA) is 54.9 Å². The Hall–Kier alpha value is -2.40. The van der Waals surface area contributed by atoms with Gasteiger partial charge in [-0.1, -0.05) is 60.3 Å². The maximum atomic E-state index is 12.5. The van der Waals surface area contributed by atoms with Crippen molar-refractivity contribution in [3.8, 4) is 0 Å². The molecular weight excluding hydrogens is 354 g/mol. The van der Waals surface area contributed by atoms with Gasteiger partial charge in [0.05, 0.1) is 10.8 Å². The molecular formula is C22H23N3OS. The molecule has 1 N–H and O–H groups in total. The molecule has 2 aromatic carbocycles. The summed E-state index contributed by atoms with van der Waals surface area (Å²) in [6.07, 6.45) is 3.17. The number of nitrogens with one attached hydrogen (secondary N) is 1. The molecule has 1 aliphatic rings. The summed E-state index contributed by atoms with van der Waals surface area (Å²) < 4.78 is 0. The van der Waals surface area contributed by atoms with Crippen molar-refractivity contribution in [1.82, 2.24) is 15.3 Å². The van der Waals surface area contributed by atoms with E-state index in [0.29, 0.717) is 12.5 Å². The van der Waals surface area contributed by atoms with E-state index < -0.39 is 0 Å². The Morgan fingerprint density at radius 1 is 1.11 bits per heavy atom. The lowest BCUT2D eigenvalue weighted by atomic mass is 10.1. The summed E-state index contributed by atoms with van der Waals surface area (Å²) in [7, 11) is 0. The molecule has 1 fully saturated rings. The lowest BCUT2D eigenvalue weighted by molar-refractivity contribution is -0.120. The standard InChI is InChI=1S/C22H23N3OS/c1-15(21(26)23-14-13-16-7-3-2-4-8-16)27-22-18-9-5-6-10-19(18)24-20(25-22)17-11-12-17/h2-10,15,17H,11-14H2,1H3,(H,23,26). The van der Waals surface area contributed by atoms with Crippen LogP contribution in [0.1, 0.15) is 37.1 Å². The quantitative estimate of drug-likeness (QED) is 0.491. The van der Waals surface area contributed by atoms with Gasteiger partial charge in [0.2, 0.25) is 5.91 Å².